The summed E-state index contributed by atoms with van der Waals surface area (Å²) >= 11 is 0. The summed E-state index contributed by atoms with van der Waals surface area (Å²) in [5.41, 5.74) is 4.06. The Morgan fingerprint density at radius 2 is 1.93 bits per heavy atom. The van der Waals surface area contributed by atoms with Gasteiger partial charge in [-0.1, -0.05) is 18.2 Å². The lowest BCUT2D eigenvalue weighted by Gasteiger charge is -2.36. The quantitative estimate of drug-likeness (QED) is 0.754. The van der Waals surface area contributed by atoms with Crippen LogP contribution in [0.4, 0.5) is 4.79 Å². The van der Waals surface area contributed by atoms with Crippen LogP contribution in [-0.4, -0.2) is 84.9 Å². The number of carbonyl (C=O) groups is 1. The molecule has 4 rings (SSSR count). The lowest BCUT2D eigenvalue weighted by molar-refractivity contribution is 0.0322. The van der Waals surface area contributed by atoms with Gasteiger partial charge in [0.15, 0.2) is 0 Å². The van der Waals surface area contributed by atoms with Crippen molar-refractivity contribution in [3.05, 3.63) is 34.9 Å². The van der Waals surface area contributed by atoms with E-state index < -0.39 is 6.09 Å². The maximum Gasteiger partial charge on any atom is 0.407 e. The molecule has 1 aliphatic carbocycles. The van der Waals surface area contributed by atoms with Crippen LogP contribution in [0.25, 0.3) is 0 Å². The van der Waals surface area contributed by atoms with Crippen molar-refractivity contribution in [2.45, 2.75) is 37.8 Å². The number of rotatable bonds is 5. The molecule has 1 aromatic carbocycles. The summed E-state index contributed by atoms with van der Waals surface area (Å²) in [6, 6.07) is 7.14. The van der Waals surface area contributed by atoms with E-state index in [1.165, 1.54) is 41.0 Å². The van der Waals surface area contributed by atoms with Gasteiger partial charge in [-0.25, -0.2) is 4.79 Å². The van der Waals surface area contributed by atoms with Crippen LogP contribution < -0.4 is 0 Å². The van der Waals surface area contributed by atoms with Gasteiger partial charge in [-0.2, -0.15) is 0 Å². The Balaban J connectivity index is 0.00000150. The molecule has 2 saturated heterocycles. The number of ether oxygens (including phenoxy) is 1. The molecule has 1 N–H and O–H groups in total. The zero-order valence-corrected chi connectivity index (χ0v) is 18.7. The molecule has 2 aliphatic heterocycles. The summed E-state index contributed by atoms with van der Waals surface area (Å²) < 4.78 is 5.45. The largest absolute Gasteiger partial charge is 0.465 e. The van der Waals surface area contributed by atoms with E-state index in [0.29, 0.717) is 18.5 Å². The van der Waals surface area contributed by atoms with Gasteiger partial charge < -0.3 is 14.7 Å². The summed E-state index contributed by atoms with van der Waals surface area (Å²) in [5, 5.41) is 9.21. The molecule has 0 unspecified atom stereocenters. The average molecular weight is 446 g/mol. The number of likely N-dealkylation sites (tertiary alicyclic amines) is 1. The molecule has 2 atom stereocenters. The van der Waals surface area contributed by atoms with Crippen molar-refractivity contribution >= 4 is 30.9 Å². The second-order valence-electron chi connectivity index (χ2n) is 8.11. The molecule has 1 aromatic rings. The van der Waals surface area contributed by atoms with Crippen molar-refractivity contribution in [3.63, 3.8) is 0 Å². The zero-order chi connectivity index (χ0) is 18.8. The summed E-state index contributed by atoms with van der Waals surface area (Å²) in [5.74, 6) is 0.605. The van der Waals surface area contributed by atoms with E-state index in [1.54, 1.807) is 7.05 Å². The molecule has 1 amide bonds. The van der Waals surface area contributed by atoms with Crippen LogP contribution in [-0.2, 0) is 17.7 Å². The van der Waals surface area contributed by atoms with Crippen molar-refractivity contribution in [2.24, 2.45) is 0 Å². The van der Waals surface area contributed by atoms with Crippen molar-refractivity contribution in [1.82, 2.24) is 14.7 Å². The highest BCUT2D eigenvalue weighted by molar-refractivity contribution is 5.85. The minimum atomic E-state index is -0.864. The van der Waals surface area contributed by atoms with E-state index in [2.05, 4.69) is 28.0 Å². The highest BCUT2D eigenvalue weighted by atomic mass is 35.5. The number of hydrogen-bond donors (Lipinski definition) is 1. The van der Waals surface area contributed by atoms with E-state index in [9.17, 15) is 9.90 Å². The molecule has 29 heavy (non-hydrogen) atoms. The van der Waals surface area contributed by atoms with Crippen LogP contribution >= 0.6 is 24.8 Å². The van der Waals surface area contributed by atoms with Gasteiger partial charge in [0, 0.05) is 51.7 Å². The first kappa shape index (κ1) is 24.2. The van der Waals surface area contributed by atoms with Crippen LogP contribution in [0.3, 0.4) is 0 Å². The molecule has 0 saturated carbocycles. The van der Waals surface area contributed by atoms with Crippen LogP contribution in [0.5, 0.6) is 0 Å². The molecule has 2 heterocycles. The van der Waals surface area contributed by atoms with Crippen LogP contribution in [0, 0.1) is 0 Å². The van der Waals surface area contributed by atoms with Crippen LogP contribution in [0.2, 0.25) is 0 Å². The van der Waals surface area contributed by atoms with Crippen molar-refractivity contribution in [2.75, 3.05) is 53.0 Å². The average Bonchev–Trinajstić information content (AvgIpc) is 3.11. The molecular weight excluding hydrogens is 413 g/mol. The SMILES string of the molecule is CN(Cc1cccc2c1CC[C@H]1[C@@H]2CCN1CCN1CCOCC1)C(=O)O.Cl.Cl. The Bertz CT molecular complexity index is 685. The number of fused-ring (bicyclic) bond motifs is 3. The highest BCUT2D eigenvalue weighted by Gasteiger charge is 2.39. The number of nitrogens with zero attached hydrogens (tertiary/aromatic N) is 3. The van der Waals surface area contributed by atoms with Crippen LogP contribution in [0.15, 0.2) is 18.2 Å². The molecule has 6 nitrogen and oxygen atoms in total. The summed E-state index contributed by atoms with van der Waals surface area (Å²) in [4.78, 5) is 17.8. The number of carboxylic acid groups (broad SMARTS) is 1. The zero-order valence-electron chi connectivity index (χ0n) is 17.1. The smallest absolute Gasteiger partial charge is 0.407 e. The first-order valence-electron chi connectivity index (χ1n) is 10.2. The Morgan fingerprint density at radius 3 is 2.66 bits per heavy atom. The third kappa shape index (κ3) is 5.36. The molecule has 2 fully saturated rings. The van der Waals surface area contributed by atoms with E-state index in [1.807, 2.05) is 0 Å². The topological polar surface area (TPSA) is 56.2 Å². The van der Waals surface area contributed by atoms with E-state index in [0.717, 1.165) is 45.8 Å². The minimum Gasteiger partial charge on any atom is -0.465 e. The third-order valence-corrected chi connectivity index (χ3v) is 6.60. The van der Waals surface area contributed by atoms with Gasteiger partial charge >= 0.3 is 6.09 Å². The van der Waals surface area contributed by atoms with E-state index in [-0.39, 0.29) is 24.8 Å². The predicted molar refractivity (Wildman–Crippen MR) is 119 cm³/mol. The van der Waals surface area contributed by atoms with E-state index >= 15 is 0 Å². The van der Waals surface area contributed by atoms with Gasteiger partial charge in [0.2, 0.25) is 0 Å². The molecule has 164 valence electrons. The molecular formula is C21H33Cl2N3O3. The fourth-order valence-electron chi connectivity index (χ4n) is 5.11. The predicted octanol–water partition coefficient (Wildman–Crippen LogP) is 3.08. The van der Waals surface area contributed by atoms with Gasteiger partial charge in [-0.15, -0.1) is 24.8 Å². The van der Waals surface area contributed by atoms with Gasteiger partial charge in [-0.05, 0) is 42.5 Å². The molecule has 0 bridgehead atoms. The molecule has 0 aromatic heterocycles. The highest BCUT2D eigenvalue weighted by Crippen LogP contribution is 2.42. The van der Waals surface area contributed by atoms with Gasteiger partial charge in [0.25, 0.3) is 0 Å². The van der Waals surface area contributed by atoms with Gasteiger partial charge in [0.05, 0.1) is 13.2 Å². The lowest BCUT2D eigenvalue weighted by atomic mass is 9.78. The number of amides is 1. The van der Waals surface area contributed by atoms with Crippen molar-refractivity contribution < 1.29 is 14.6 Å². The molecule has 3 aliphatic rings. The maximum absolute atomic E-state index is 11.2. The van der Waals surface area contributed by atoms with Gasteiger partial charge in [0.1, 0.15) is 0 Å². The second-order valence-corrected chi connectivity index (χ2v) is 8.11. The number of benzene rings is 1. The fourth-order valence-corrected chi connectivity index (χ4v) is 5.11. The third-order valence-electron chi connectivity index (χ3n) is 6.60. The minimum absolute atomic E-state index is 0. The van der Waals surface area contributed by atoms with Crippen LogP contribution in [0.1, 0.15) is 35.4 Å². The normalized spacial score (nSPS) is 24.0. The lowest BCUT2D eigenvalue weighted by Crippen LogP contribution is -2.43. The second kappa shape index (κ2) is 10.8. The van der Waals surface area contributed by atoms with Gasteiger partial charge in [-0.3, -0.25) is 9.80 Å². The summed E-state index contributed by atoms with van der Waals surface area (Å²) in [6.45, 7) is 7.81. The number of halogens is 2. The maximum atomic E-state index is 11.2. The number of hydrogen-bond acceptors (Lipinski definition) is 4. The summed E-state index contributed by atoms with van der Waals surface area (Å²) in [7, 11) is 1.65. The Hall–Kier alpha value is -1.05. The number of morpholine rings is 1. The molecule has 0 radical (unpaired) electrons. The van der Waals surface area contributed by atoms with E-state index in [4.69, 9.17) is 4.74 Å². The molecule has 0 spiro atoms. The Morgan fingerprint density at radius 1 is 1.17 bits per heavy atom. The van der Waals surface area contributed by atoms with Crippen molar-refractivity contribution in [1.29, 1.82) is 0 Å². The fraction of sp³-hybridized carbons (Fsp3) is 0.667. The first-order chi connectivity index (χ1) is 13.1. The summed E-state index contributed by atoms with van der Waals surface area (Å²) in [6.07, 6.45) is 2.61. The Kier molecular flexibility index (Phi) is 9.04. The standard InChI is InChI=1S/C21H31N3O3.2ClH/c1-22(21(25)26)15-16-3-2-4-18-17(16)5-6-20-19(18)7-8-24(20)10-9-23-11-13-27-14-12-23;;/h2-4,19-20H,5-15H2,1H3,(H,25,26);2*1H/t19-,20+;;/m1../s1. The molecule has 8 heteroatoms. The monoisotopic (exact) mass is 445 g/mol. The van der Waals surface area contributed by atoms with Crippen molar-refractivity contribution in [3.8, 4) is 0 Å². The Labute approximate surface area is 186 Å². The first-order valence-corrected chi connectivity index (χ1v) is 10.2.